The van der Waals surface area contributed by atoms with E-state index in [1.807, 2.05) is 13.8 Å². The molecule has 3 N–H and O–H groups in total. The van der Waals surface area contributed by atoms with Crippen molar-refractivity contribution >= 4 is 11.8 Å². The van der Waals surface area contributed by atoms with Crippen molar-refractivity contribution < 1.29 is 9.59 Å². The van der Waals surface area contributed by atoms with Crippen LogP contribution in [0.5, 0.6) is 0 Å². The summed E-state index contributed by atoms with van der Waals surface area (Å²) in [5.41, 5.74) is 4.31. The molecule has 0 radical (unpaired) electrons. The number of nitrogens with two attached hydrogens (primary N) is 1. The number of hydrogen-bond acceptors (Lipinski definition) is 3. The zero-order valence-electron chi connectivity index (χ0n) is 10.1. The predicted octanol–water partition coefficient (Wildman–Crippen LogP) is -0.293. The Morgan fingerprint density at radius 1 is 1.40 bits per heavy atom. The lowest BCUT2D eigenvalue weighted by Crippen LogP contribution is -2.54. The molecule has 0 aliphatic heterocycles. The zero-order chi connectivity index (χ0) is 12.2. The van der Waals surface area contributed by atoms with E-state index in [4.69, 9.17) is 5.73 Å². The number of likely N-dealkylation sites (N-methyl/N-ethyl adjacent to an activating group) is 1. The molecule has 0 aromatic heterocycles. The van der Waals surface area contributed by atoms with Crippen molar-refractivity contribution in [3.8, 4) is 0 Å². The molecule has 0 atom stereocenters. The van der Waals surface area contributed by atoms with Gasteiger partial charge in [0.2, 0.25) is 11.8 Å². The second kappa shape index (κ2) is 5.11. The molecule has 0 rings (SSSR count). The number of carbonyl (C=O) groups excluding carboxylic acids is 2. The van der Waals surface area contributed by atoms with Crippen molar-refractivity contribution in [2.24, 2.45) is 5.73 Å². The lowest BCUT2D eigenvalue weighted by Gasteiger charge is -2.26. The van der Waals surface area contributed by atoms with Crippen molar-refractivity contribution in [1.82, 2.24) is 10.2 Å². The molecular weight excluding hydrogens is 194 g/mol. The van der Waals surface area contributed by atoms with Gasteiger partial charge in [-0.2, -0.15) is 0 Å². The molecule has 88 valence electrons. The standard InChI is InChI=1S/C10H21N3O2/c1-7(2)13(5)8(14)6-12-10(3,4)9(11)15/h7,12H,6H2,1-5H3,(H2,11,15). The molecular formula is C10H21N3O2. The van der Waals surface area contributed by atoms with Crippen molar-refractivity contribution in [2.45, 2.75) is 39.3 Å². The van der Waals surface area contributed by atoms with Gasteiger partial charge >= 0.3 is 0 Å². The van der Waals surface area contributed by atoms with Crippen molar-refractivity contribution in [3.63, 3.8) is 0 Å². The molecule has 2 amide bonds. The van der Waals surface area contributed by atoms with Crippen LogP contribution in [0.4, 0.5) is 0 Å². The van der Waals surface area contributed by atoms with E-state index in [-0.39, 0.29) is 18.5 Å². The minimum atomic E-state index is -0.854. The van der Waals surface area contributed by atoms with E-state index >= 15 is 0 Å². The fourth-order valence-corrected chi connectivity index (χ4v) is 0.796. The maximum Gasteiger partial charge on any atom is 0.237 e. The van der Waals surface area contributed by atoms with Crippen molar-refractivity contribution in [1.29, 1.82) is 0 Å². The molecule has 0 fully saturated rings. The van der Waals surface area contributed by atoms with Crippen molar-refractivity contribution in [3.05, 3.63) is 0 Å². The number of nitrogens with zero attached hydrogens (tertiary/aromatic N) is 1. The molecule has 0 saturated heterocycles. The monoisotopic (exact) mass is 215 g/mol. The predicted molar refractivity (Wildman–Crippen MR) is 59.2 cm³/mol. The number of rotatable bonds is 5. The summed E-state index contributed by atoms with van der Waals surface area (Å²) in [5, 5.41) is 2.83. The van der Waals surface area contributed by atoms with Gasteiger partial charge < -0.3 is 10.6 Å². The third kappa shape index (κ3) is 4.29. The Hall–Kier alpha value is -1.10. The van der Waals surface area contributed by atoms with Crippen molar-refractivity contribution in [2.75, 3.05) is 13.6 Å². The fraction of sp³-hybridized carbons (Fsp3) is 0.800. The Balaban J connectivity index is 4.18. The van der Waals surface area contributed by atoms with Gasteiger partial charge in [0.05, 0.1) is 12.1 Å². The minimum Gasteiger partial charge on any atom is -0.368 e. The Kier molecular flexibility index (Phi) is 4.74. The lowest BCUT2D eigenvalue weighted by molar-refractivity contribution is -0.131. The first-order chi connectivity index (χ1) is 6.68. The molecule has 5 nitrogen and oxygen atoms in total. The average molecular weight is 215 g/mol. The minimum absolute atomic E-state index is 0.0562. The molecule has 0 bridgehead atoms. The van der Waals surface area contributed by atoms with Crippen LogP contribution in [0.1, 0.15) is 27.7 Å². The first-order valence-corrected chi connectivity index (χ1v) is 4.99. The summed E-state index contributed by atoms with van der Waals surface area (Å²) >= 11 is 0. The summed E-state index contributed by atoms with van der Waals surface area (Å²) in [7, 11) is 1.73. The number of primary amides is 1. The Morgan fingerprint density at radius 3 is 2.20 bits per heavy atom. The lowest BCUT2D eigenvalue weighted by atomic mass is 10.1. The maximum absolute atomic E-state index is 11.6. The van der Waals surface area contributed by atoms with Crippen LogP contribution in [0.15, 0.2) is 0 Å². The highest BCUT2D eigenvalue weighted by molar-refractivity contribution is 5.85. The fourth-order valence-electron chi connectivity index (χ4n) is 0.796. The van der Waals surface area contributed by atoms with Crippen LogP contribution < -0.4 is 11.1 Å². The molecule has 15 heavy (non-hydrogen) atoms. The van der Waals surface area contributed by atoms with E-state index in [0.29, 0.717) is 0 Å². The molecule has 0 unspecified atom stereocenters. The van der Waals surface area contributed by atoms with E-state index in [1.165, 1.54) is 0 Å². The smallest absolute Gasteiger partial charge is 0.237 e. The second-order valence-corrected chi connectivity index (χ2v) is 4.44. The first kappa shape index (κ1) is 13.9. The van der Waals surface area contributed by atoms with Crippen LogP contribution in [0.2, 0.25) is 0 Å². The SMILES string of the molecule is CC(C)N(C)C(=O)CNC(C)(C)C(N)=O. The highest BCUT2D eigenvalue weighted by Gasteiger charge is 2.25. The average Bonchev–Trinajstić information content (AvgIpc) is 2.12. The summed E-state index contributed by atoms with van der Waals surface area (Å²) < 4.78 is 0. The highest BCUT2D eigenvalue weighted by Crippen LogP contribution is 2.00. The summed E-state index contributed by atoms with van der Waals surface area (Å²) in [6.07, 6.45) is 0. The van der Waals surface area contributed by atoms with Crippen LogP contribution in [0.3, 0.4) is 0 Å². The van der Waals surface area contributed by atoms with Gasteiger partial charge in [0.25, 0.3) is 0 Å². The van der Waals surface area contributed by atoms with Gasteiger partial charge in [-0.25, -0.2) is 0 Å². The summed E-state index contributed by atoms with van der Waals surface area (Å²) in [6, 6.07) is 0.149. The molecule has 0 heterocycles. The first-order valence-electron chi connectivity index (χ1n) is 4.99. The molecule has 0 aromatic rings. The van der Waals surface area contributed by atoms with E-state index in [9.17, 15) is 9.59 Å². The van der Waals surface area contributed by atoms with E-state index in [1.54, 1.807) is 25.8 Å². The van der Waals surface area contributed by atoms with Gasteiger partial charge in [0.15, 0.2) is 0 Å². The van der Waals surface area contributed by atoms with Crippen LogP contribution in [-0.2, 0) is 9.59 Å². The van der Waals surface area contributed by atoms with Gasteiger partial charge in [-0.05, 0) is 27.7 Å². The quantitative estimate of drug-likeness (QED) is 0.661. The van der Waals surface area contributed by atoms with E-state index in [0.717, 1.165) is 0 Å². The molecule has 5 heteroatoms. The number of nitrogens with one attached hydrogen (secondary N) is 1. The Labute approximate surface area is 91.0 Å². The van der Waals surface area contributed by atoms with Crippen LogP contribution >= 0.6 is 0 Å². The molecule has 0 saturated carbocycles. The maximum atomic E-state index is 11.6. The summed E-state index contributed by atoms with van der Waals surface area (Å²) in [6.45, 7) is 7.27. The number of hydrogen-bond donors (Lipinski definition) is 2. The third-order valence-electron chi connectivity index (χ3n) is 2.47. The normalized spacial score (nSPS) is 11.6. The number of amides is 2. The summed E-state index contributed by atoms with van der Waals surface area (Å²) in [4.78, 5) is 24.2. The van der Waals surface area contributed by atoms with Gasteiger partial charge in [-0.15, -0.1) is 0 Å². The van der Waals surface area contributed by atoms with E-state index in [2.05, 4.69) is 5.32 Å². The van der Waals surface area contributed by atoms with E-state index < -0.39 is 11.4 Å². The number of carbonyl (C=O) groups is 2. The highest BCUT2D eigenvalue weighted by atomic mass is 16.2. The molecule has 0 aliphatic rings. The largest absolute Gasteiger partial charge is 0.368 e. The second-order valence-electron chi connectivity index (χ2n) is 4.44. The Bertz CT molecular complexity index is 249. The summed E-state index contributed by atoms with van der Waals surface area (Å²) in [5.74, 6) is -0.526. The van der Waals surface area contributed by atoms with Crippen LogP contribution in [0, 0.1) is 0 Å². The van der Waals surface area contributed by atoms with Gasteiger partial charge in [-0.1, -0.05) is 0 Å². The molecule has 0 aliphatic carbocycles. The van der Waals surface area contributed by atoms with Gasteiger partial charge in [0, 0.05) is 13.1 Å². The van der Waals surface area contributed by atoms with Gasteiger partial charge in [0.1, 0.15) is 0 Å². The van der Waals surface area contributed by atoms with Crippen LogP contribution in [-0.4, -0.2) is 41.9 Å². The zero-order valence-corrected chi connectivity index (χ0v) is 10.1. The Morgan fingerprint density at radius 2 is 1.87 bits per heavy atom. The molecule has 0 aromatic carbocycles. The topological polar surface area (TPSA) is 75.4 Å². The molecule has 0 spiro atoms. The third-order valence-corrected chi connectivity index (χ3v) is 2.47. The van der Waals surface area contributed by atoms with Crippen LogP contribution in [0.25, 0.3) is 0 Å². The van der Waals surface area contributed by atoms with Gasteiger partial charge in [-0.3, -0.25) is 14.9 Å².